The van der Waals surface area contributed by atoms with Crippen molar-refractivity contribution in [1.82, 2.24) is 4.90 Å². The number of urea groups is 1. The highest BCUT2D eigenvalue weighted by atomic mass is 35.5. The summed E-state index contributed by atoms with van der Waals surface area (Å²) in [7, 11) is 0. The van der Waals surface area contributed by atoms with Crippen molar-refractivity contribution >= 4 is 29.0 Å². The normalized spacial score (nSPS) is 20.6. The Morgan fingerprint density at radius 2 is 2.16 bits per heavy atom. The lowest BCUT2D eigenvalue weighted by molar-refractivity contribution is 0.0849. The van der Waals surface area contributed by atoms with Crippen LogP contribution >= 0.6 is 11.6 Å². The van der Waals surface area contributed by atoms with E-state index in [1.165, 1.54) is 0 Å². The van der Waals surface area contributed by atoms with Crippen molar-refractivity contribution in [3.8, 4) is 0 Å². The zero-order valence-electron chi connectivity index (χ0n) is 14.7. The second-order valence-corrected chi connectivity index (χ2v) is 6.80. The van der Waals surface area contributed by atoms with Crippen molar-refractivity contribution in [2.24, 2.45) is 0 Å². The van der Waals surface area contributed by atoms with Crippen molar-refractivity contribution in [2.45, 2.75) is 25.9 Å². The van der Waals surface area contributed by atoms with Crippen molar-refractivity contribution in [3.05, 3.63) is 23.2 Å². The minimum Gasteiger partial charge on any atom is -0.378 e. The van der Waals surface area contributed by atoms with E-state index >= 15 is 0 Å². The van der Waals surface area contributed by atoms with Crippen LogP contribution in [0, 0.1) is 0 Å². The van der Waals surface area contributed by atoms with Gasteiger partial charge in [0, 0.05) is 37.8 Å². The van der Waals surface area contributed by atoms with Crippen molar-refractivity contribution in [3.63, 3.8) is 0 Å². The van der Waals surface area contributed by atoms with E-state index in [4.69, 9.17) is 21.1 Å². The lowest BCUT2D eigenvalue weighted by atomic mass is 10.2. The highest BCUT2D eigenvalue weighted by Crippen LogP contribution is 2.30. The molecule has 3 rings (SSSR count). The number of anilines is 2. The molecular formula is C18H26ClN3O3. The van der Waals surface area contributed by atoms with E-state index in [0.717, 1.165) is 43.9 Å². The second kappa shape index (κ2) is 8.74. The fourth-order valence-electron chi connectivity index (χ4n) is 3.27. The summed E-state index contributed by atoms with van der Waals surface area (Å²) in [5, 5.41) is 3.64. The number of benzene rings is 1. The number of nitrogens with one attached hydrogen (secondary N) is 1. The Hall–Kier alpha value is -1.50. The van der Waals surface area contributed by atoms with Crippen LogP contribution in [0.1, 0.15) is 19.8 Å². The molecule has 2 fully saturated rings. The molecule has 2 aliphatic rings. The van der Waals surface area contributed by atoms with Crippen LogP contribution in [0.15, 0.2) is 18.2 Å². The second-order valence-electron chi connectivity index (χ2n) is 6.36. The average Bonchev–Trinajstić information content (AvgIpc) is 3.13. The van der Waals surface area contributed by atoms with E-state index in [1.807, 2.05) is 25.1 Å². The Morgan fingerprint density at radius 1 is 1.36 bits per heavy atom. The first-order valence-electron chi connectivity index (χ1n) is 8.97. The fraction of sp³-hybridized carbons (Fsp3) is 0.611. The van der Waals surface area contributed by atoms with E-state index in [1.54, 1.807) is 4.90 Å². The molecule has 0 spiro atoms. The molecule has 2 heterocycles. The molecule has 25 heavy (non-hydrogen) atoms. The van der Waals surface area contributed by atoms with E-state index < -0.39 is 0 Å². The number of ether oxygens (including phenoxy) is 2. The molecule has 0 radical (unpaired) electrons. The third-order valence-corrected chi connectivity index (χ3v) is 4.90. The Kier molecular flexibility index (Phi) is 6.39. The predicted octanol–water partition coefficient (Wildman–Crippen LogP) is 3.21. The molecule has 138 valence electrons. The monoisotopic (exact) mass is 367 g/mol. The maximum absolute atomic E-state index is 12.8. The Labute approximate surface area is 154 Å². The molecule has 0 aromatic heterocycles. The van der Waals surface area contributed by atoms with Gasteiger partial charge in [0.15, 0.2) is 0 Å². The Balaban J connectivity index is 1.71. The third kappa shape index (κ3) is 4.77. The molecule has 1 N–H and O–H groups in total. The standard InChI is InChI=1S/C18H26ClN3O3/c1-2-21(13-15-4-3-9-25-15)18(23)20-16-12-14(19)5-6-17(16)22-7-10-24-11-8-22/h5-6,12,15H,2-4,7-11,13H2,1H3,(H,20,23)/t15-/m0/s1. The SMILES string of the molecule is CCN(C[C@@H]1CCCO1)C(=O)Nc1cc(Cl)ccc1N1CCOCC1. The first-order valence-corrected chi connectivity index (χ1v) is 9.35. The minimum absolute atomic E-state index is 0.116. The maximum atomic E-state index is 12.8. The van der Waals surface area contributed by atoms with Gasteiger partial charge in [0.05, 0.1) is 30.7 Å². The molecule has 2 aliphatic heterocycles. The zero-order valence-corrected chi connectivity index (χ0v) is 15.4. The van der Waals surface area contributed by atoms with Gasteiger partial charge in [0.1, 0.15) is 0 Å². The van der Waals surface area contributed by atoms with Crippen LogP contribution in [0.5, 0.6) is 0 Å². The predicted molar refractivity (Wildman–Crippen MR) is 99.7 cm³/mol. The summed E-state index contributed by atoms with van der Waals surface area (Å²) >= 11 is 6.16. The van der Waals surface area contributed by atoms with Crippen LogP contribution in [0.3, 0.4) is 0 Å². The van der Waals surface area contributed by atoms with Crippen LogP contribution in [0.2, 0.25) is 5.02 Å². The van der Waals surface area contributed by atoms with Crippen LogP contribution in [0.25, 0.3) is 0 Å². The van der Waals surface area contributed by atoms with Crippen molar-refractivity contribution < 1.29 is 14.3 Å². The molecule has 0 saturated carbocycles. The quantitative estimate of drug-likeness (QED) is 0.868. The summed E-state index contributed by atoms with van der Waals surface area (Å²) in [4.78, 5) is 16.8. The van der Waals surface area contributed by atoms with Gasteiger partial charge in [-0.1, -0.05) is 11.6 Å². The summed E-state index contributed by atoms with van der Waals surface area (Å²) in [6.07, 6.45) is 2.23. The zero-order chi connectivity index (χ0) is 17.6. The van der Waals surface area contributed by atoms with Gasteiger partial charge in [0.2, 0.25) is 0 Å². The summed E-state index contributed by atoms with van der Waals surface area (Å²) < 4.78 is 11.1. The lowest BCUT2D eigenvalue weighted by Crippen LogP contribution is -2.41. The van der Waals surface area contributed by atoms with Gasteiger partial charge in [-0.2, -0.15) is 0 Å². The molecule has 0 unspecified atom stereocenters. The molecular weight excluding hydrogens is 342 g/mol. The first kappa shape index (κ1) is 18.3. The van der Waals surface area contributed by atoms with Gasteiger partial charge in [-0.3, -0.25) is 0 Å². The smallest absolute Gasteiger partial charge is 0.321 e. The summed E-state index contributed by atoms with van der Waals surface area (Å²) in [5.74, 6) is 0. The molecule has 7 heteroatoms. The summed E-state index contributed by atoms with van der Waals surface area (Å²) in [5.41, 5.74) is 1.72. The first-order chi connectivity index (χ1) is 12.2. The Bertz CT molecular complexity index is 587. The molecule has 0 aliphatic carbocycles. The van der Waals surface area contributed by atoms with Gasteiger partial charge in [0.25, 0.3) is 0 Å². The van der Waals surface area contributed by atoms with Crippen molar-refractivity contribution in [1.29, 1.82) is 0 Å². The number of hydrogen-bond acceptors (Lipinski definition) is 4. The maximum Gasteiger partial charge on any atom is 0.321 e. The van der Waals surface area contributed by atoms with E-state index in [9.17, 15) is 4.79 Å². The van der Waals surface area contributed by atoms with Gasteiger partial charge < -0.3 is 24.6 Å². The van der Waals surface area contributed by atoms with Crippen molar-refractivity contribution in [2.75, 3.05) is 56.2 Å². The topological polar surface area (TPSA) is 54.0 Å². The number of amides is 2. The van der Waals surface area contributed by atoms with Gasteiger partial charge in [-0.25, -0.2) is 4.79 Å². The molecule has 0 bridgehead atoms. The highest BCUT2D eigenvalue weighted by molar-refractivity contribution is 6.31. The van der Waals surface area contributed by atoms with E-state index in [0.29, 0.717) is 31.3 Å². The van der Waals surface area contributed by atoms with Crippen LogP contribution in [-0.4, -0.2) is 63.0 Å². The third-order valence-electron chi connectivity index (χ3n) is 4.67. The summed E-state index contributed by atoms with van der Waals surface area (Å²) in [6, 6.07) is 5.50. The van der Waals surface area contributed by atoms with Gasteiger partial charge in [-0.15, -0.1) is 0 Å². The largest absolute Gasteiger partial charge is 0.378 e. The summed E-state index contributed by atoms with van der Waals surface area (Å²) in [6.45, 7) is 7.02. The number of likely N-dealkylation sites (N-methyl/N-ethyl adjacent to an activating group) is 1. The number of nitrogens with zero attached hydrogens (tertiary/aromatic N) is 2. The highest BCUT2D eigenvalue weighted by Gasteiger charge is 2.23. The average molecular weight is 368 g/mol. The molecule has 2 saturated heterocycles. The number of rotatable bonds is 5. The number of hydrogen-bond donors (Lipinski definition) is 1. The number of halogens is 1. The van der Waals surface area contributed by atoms with Crippen LogP contribution in [0.4, 0.5) is 16.2 Å². The number of carbonyl (C=O) groups is 1. The lowest BCUT2D eigenvalue weighted by Gasteiger charge is -2.31. The Morgan fingerprint density at radius 3 is 2.84 bits per heavy atom. The number of morpholine rings is 1. The minimum atomic E-state index is -0.116. The van der Waals surface area contributed by atoms with Gasteiger partial charge >= 0.3 is 6.03 Å². The van der Waals surface area contributed by atoms with Crippen LogP contribution < -0.4 is 10.2 Å². The molecule has 6 nitrogen and oxygen atoms in total. The molecule has 1 atom stereocenters. The van der Waals surface area contributed by atoms with E-state index in [2.05, 4.69) is 10.2 Å². The van der Waals surface area contributed by atoms with E-state index in [-0.39, 0.29) is 12.1 Å². The molecule has 1 aromatic carbocycles. The molecule has 1 aromatic rings. The fourth-order valence-corrected chi connectivity index (χ4v) is 3.44. The number of carbonyl (C=O) groups excluding carboxylic acids is 1. The van der Waals surface area contributed by atoms with Gasteiger partial charge in [-0.05, 0) is 38.0 Å². The van der Waals surface area contributed by atoms with Crippen LogP contribution in [-0.2, 0) is 9.47 Å². The molecule has 2 amide bonds.